The van der Waals surface area contributed by atoms with Gasteiger partial charge >= 0.3 is 0 Å². The fraction of sp³-hybridized carbons (Fsp3) is 0.500. The normalized spacial score (nSPS) is 12.7. The predicted molar refractivity (Wildman–Crippen MR) is 66.1 cm³/mol. The van der Waals surface area contributed by atoms with Crippen molar-refractivity contribution < 1.29 is 4.39 Å². The molecule has 0 aliphatic heterocycles. The Morgan fingerprint density at radius 3 is 2.87 bits per heavy atom. The van der Waals surface area contributed by atoms with Crippen molar-refractivity contribution in [2.75, 3.05) is 25.6 Å². The van der Waals surface area contributed by atoms with Crippen LogP contribution in [-0.4, -0.2) is 25.6 Å². The summed E-state index contributed by atoms with van der Waals surface area (Å²) in [6.45, 7) is 0.907. The standard InChI is InChI=1S/C12H18FNS/c1-14-9-11(6-7-15-2)10-4-3-5-12(13)8-10/h3-5,8,11,14H,6-7,9H2,1-2H3. The maximum atomic E-state index is 13.1. The van der Waals surface area contributed by atoms with Gasteiger partial charge in [-0.3, -0.25) is 0 Å². The van der Waals surface area contributed by atoms with E-state index in [1.165, 1.54) is 6.07 Å². The minimum Gasteiger partial charge on any atom is -0.319 e. The highest BCUT2D eigenvalue weighted by molar-refractivity contribution is 7.98. The van der Waals surface area contributed by atoms with Crippen molar-refractivity contribution in [3.63, 3.8) is 0 Å². The van der Waals surface area contributed by atoms with E-state index in [0.29, 0.717) is 5.92 Å². The highest BCUT2D eigenvalue weighted by atomic mass is 32.2. The Labute approximate surface area is 95.5 Å². The molecule has 0 amide bonds. The zero-order chi connectivity index (χ0) is 11.1. The fourth-order valence-electron chi connectivity index (χ4n) is 1.65. The molecular weight excluding hydrogens is 209 g/mol. The van der Waals surface area contributed by atoms with E-state index in [9.17, 15) is 4.39 Å². The Morgan fingerprint density at radius 1 is 1.47 bits per heavy atom. The van der Waals surface area contributed by atoms with E-state index in [4.69, 9.17) is 0 Å². The lowest BCUT2D eigenvalue weighted by molar-refractivity contribution is 0.595. The molecule has 15 heavy (non-hydrogen) atoms. The van der Waals surface area contributed by atoms with Gasteiger partial charge in [0.25, 0.3) is 0 Å². The lowest BCUT2D eigenvalue weighted by Crippen LogP contribution is -2.18. The van der Waals surface area contributed by atoms with Gasteiger partial charge in [-0.1, -0.05) is 12.1 Å². The lowest BCUT2D eigenvalue weighted by atomic mass is 9.96. The maximum Gasteiger partial charge on any atom is 0.123 e. The summed E-state index contributed by atoms with van der Waals surface area (Å²) in [7, 11) is 1.94. The Bertz CT molecular complexity index is 291. The number of halogens is 1. The van der Waals surface area contributed by atoms with Gasteiger partial charge in [0.2, 0.25) is 0 Å². The van der Waals surface area contributed by atoms with Gasteiger partial charge in [-0.05, 0) is 49.1 Å². The summed E-state index contributed by atoms with van der Waals surface area (Å²) in [5.41, 5.74) is 1.10. The fourth-order valence-corrected chi connectivity index (χ4v) is 2.17. The zero-order valence-corrected chi connectivity index (χ0v) is 10.1. The summed E-state index contributed by atoms with van der Waals surface area (Å²) >= 11 is 1.83. The number of thioether (sulfide) groups is 1. The number of nitrogens with one attached hydrogen (secondary N) is 1. The predicted octanol–water partition coefficient (Wildman–Crippen LogP) is 2.88. The molecule has 0 fully saturated rings. The number of hydrogen-bond donors (Lipinski definition) is 1. The monoisotopic (exact) mass is 227 g/mol. The second-order valence-corrected chi connectivity index (χ2v) is 4.58. The molecule has 0 aliphatic carbocycles. The molecule has 0 spiro atoms. The van der Waals surface area contributed by atoms with Crippen molar-refractivity contribution in [3.8, 4) is 0 Å². The molecular formula is C12H18FNS. The average Bonchev–Trinajstić information content (AvgIpc) is 2.24. The highest BCUT2D eigenvalue weighted by Gasteiger charge is 2.10. The van der Waals surface area contributed by atoms with Gasteiger partial charge in [-0.15, -0.1) is 0 Å². The molecule has 1 rings (SSSR count). The van der Waals surface area contributed by atoms with E-state index in [1.54, 1.807) is 12.1 Å². The van der Waals surface area contributed by atoms with Gasteiger partial charge in [-0.25, -0.2) is 4.39 Å². The molecule has 1 N–H and O–H groups in total. The van der Waals surface area contributed by atoms with Crippen LogP contribution in [0.2, 0.25) is 0 Å². The van der Waals surface area contributed by atoms with Gasteiger partial charge in [0, 0.05) is 6.54 Å². The Morgan fingerprint density at radius 2 is 2.27 bits per heavy atom. The minimum absolute atomic E-state index is 0.141. The molecule has 1 aromatic rings. The van der Waals surface area contributed by atoms with Gasteiger partial charge < -0.3 is 5.32 Å². The van der Waals surface area contributed by atoms with E-state index >= 15 is 0 Å². The van der Waals surface area contributed by atoms with Crippen molar-refractivity contribution in [1.29, 1.82) is 0 Å². The molecule has 1 aromatic carbocycles. The Balaban J connectivity index is 2.69. The first-order valence-corrected chi connectivity index (χ1v) is 6.56. The SMILES string of the molecule is CNCC(CCSC)c1cccc(F)c1. The van der Waals surface area contributed by atoms with E-state index in [1.807, 2.05) is 24.9 Å². The maximum absolute atomic E-state index is 13.1. The van der Waals surface area contributed by atoms with Crippen LogP contribution in [-0.2, 0) is 0 Å². The van der Waals surface area contributed by atoms with E-state index in [0.717, 1.165) is 24.3 Å². The van der Waals surface area contributed by atoms with Crippen molar-refractivity contribution in [3.05, 3.63) is 35.6 Å². The molecule has 3 heteroatoms. The third kappa shape index (κ3) is 4.22. The van der Waals surface area contributed by atoms with Crippen LogP contribution >= 0.6 is 11.8 Å². The van der Waals surface area contributed by atoms with Crippen LogP contribution in [0.4, 0.5) is 4.39 Å². The van der Waals surface area contributed by atoms with Crippen LogP contribution < -0.4 is 5.32 Å². The second-order valence-electron chi connectivity index (χ2n) is 3.59. The molecule has 0 radical (unpaired) electrons. The first kappa shape index (κ1) is 12.5. The second kappa shape index (κ2) is 6.85. The molecule has 1 atom stereocenters. The summed E-state index contributed by atoms with van der Waals surface area (Å²) < 4.78 is 13.1. The summed E-state index contributed by atoms with van der Waals surface area (Å²) in [6.07, 6.45) is 3.19. The van der Waals surface area contributed by atoms with Crippen LogP contribution in [0.25, 0.3) is 0 Å². The molecule has 84 valence electrons. The van der Waals surface area contributed by atoms with Crippen molar-refractivity contribution in [2.24, 2.45) is 0 Å². The number of benzene rings is 1. The largest absolute Gasteiger partial charge is 0.319 e. The average molecular weight is 227 g/mol. The number of likely N-dealkylation sites (N-methyl/N-ethyl adjacent to an activating group) is 1. The Hall–Kier alpha value is -0.540. The first-order chi connectivity index (χ1) is 7.27. The third-order valence-electron chi connectivity index (χ3n) is 2.44. The van der Waals surface area contributed by atoms with Crippen molar-refractivity contribution in [2.45, 2.75) is 12.3 Å². The molecule has 0 bridgehead atoms. The summed E-state index contributed by atoms with van der Waals surface area (Å²) in [5, 5.41) is 3.16. The molecule has 1 nitrogen and oxygen atoms in total. The number of rotatable bonds is 6. The topological polar surface area (TPSA) is 12.0 Å². The molecule has 1 unspecified atom stereocenters. The van der Waals surface area contributed by atoms with Crippen LogP contribution in [0.3, 0.4) is 0 Å². The smallest absolute Gasteiger partial charge is 0.123 e. The highest BCUT2D eigenvalue weighted by Crippen LogP contribution is 2.21. The van der Waals surface area contributed by atoms with E-state index < -0.39 is 0 Å². The summed E-state index contributed by atoms with van der Waals surface area (Å²) in [4.78, 5) is 0. The van der Waals surface area contributed by atoms with Gasteiger partial charge in [0.15, 0.2) is 0 Å². The molecule has 0 aliphatic rings. The minimum atomic E-state index is -0.141. The first-order valence-electron chi connectivity index (χ1n) is 5.17. The third-order valence-corrected chi connectivity index (χ3v) is 3.08. The van der Waals surface area contributed by atoms with Crippen LogP contribution in [0.15, 0.2) is 24.3 Å². The molecule has 0 aromatic heterocycles. The van der Waals surface area contributed by atoms with E-state index in [-0.39, 0.29) is 5.82 Å². The van der Waals surface area contributed by atoms with Crippen LogP contribution in [0, 0.1) is 5.82 Å². The van der Waals surface area contributed by atoms with Crippen LogP contribution in [0.5, 0.6) is 0 Å². The lowest BCUT2D eigenvalue weighted by Gasteiger charge is -2.16. The van der Waals surface area contributed by atoms with E-state index in [2.05, 4.69) is 11.6 Å². The van der Waals surface area contributed by atoms with Crippen LogP contribution in [0.1, 0.15) is 17.9 Å². The van der Waals surface area contributed by atoms with Crippen molar-refractivity contribution >= 4 is 11.8 Å². The molecule has 0 heterocycles. The Kier molecular flexibility index (Phi) is 5.73. The van der Waals surface area contributed by atoms with Gasteiger partial charge in [0.05, 0.1) is 0 Å². The summed E-state index contributed by atoms with van der Waals surface area (Å²) in [5.74, 6) is 1.39. The molecule has 0 saturated carbocycles. The molecule has 0 saturated heterocycles. The quantitative estimate of drug-likeness (QED) is 0.802. The van der Waals surface area contributed by atoms with Gasteiger partial charge in [0.1, 0.15) is 5.82 Å². The number of hydrogen-bond acceptors (Lipinski definition) is 2. The van der Waals surface area contributed by atoms with Crippen molar-refractivity contribution in [1.82, 2.24) is 5.32 Å². The zero-order valence-electron chi connectivity index (χ0n) is 9.29. The summed E-state index contributed by atoms with van der Waals surface area (Å²) in [6, 6.07) is 6.93. The van der Waals surface area contributed by atoms with Gasteiger partial charge in [-0.2, -0.15) is 11.8 Å².